The summed E-state index contributed by atoms with van der Waals surface area (Å²) in [4.78, 5) is 14.4. The molecule has 2 aromatic carbocycles. The van der Waals surface area contributed by atoms with E-state index < -0.39 is 16.1 Å². The highest BCUT2D eigenvalue weighted by molar-refractivity contribution is 7.89. The van der Waals surface area contributed by atoms with E-state index in [9.17, 15) is 13.2 Å². The summed E-state index contributed by atoms with van der Waals surface area (Å²) < 4.78 is 32.5. The summed E-state index contributed by atoms with van der Waals surface area (Å²) >= 11 is 11.8. The molecule has 28 heavy (non-hydrogen) atoms. The molecule has 0 spiro atoms. The quantitative estimate of drug-likeness (QED) is 0.712. The third-order valence-electron chi connectivity index (χ3n) is 4.44. The Balaban J connectivity index is 1.60. The first-order valence-corrected chi connectivity index (χ1v) is 10.9. The predicted octanol–water partition coefficient (Wildman–Crippen LogP) is 3.29. The van der Waals surface area contributed by atoms with Crippen LogP contribution in [0.3, 0.4) is 0 Å². The Morgan fingerprint density at radius 2 is 1.61 bits per heavy atom. The molecule has 1 saturated heterocycles. The molecule has 1 amide bonds. The molecule has 6 nitrogen and oxygen atoms in total. The van der Waals surface area contributed by atoms with Gasteiger partial charge in [-0.15, -0.1) is 0 Å². The van der Waals surface area contributed by atoms with Crippen LogP contribution in [0.15, 0.2) is 53.4 Å². The van der Waals surface area contributed by atoms with Gasteiger partial charge in [0.05, 0.1) is 4.90 Å². The molecule has 0 radical (unpaired) electrons. The number of benzene rings is 2. The van der Waals surface area contributed by atoms with E-state index in [2.05, 4.69) is 0 Å². The standard InChI is InChI=1S/C19H20Cl2N2O4S/c1-14(27-17-6-2-4-15(20)12-17)19(24)22-8-10-23(11-9-22)28(25,26)18-7-3-5-16(21)13-18/h2-7,12-14H,8-11H2,1H3. The molecule has 1 atom stereocenters. The minimum Gasteiger partial charge on any atom is -0.481 e. The molecule has 9 heteroatoms. The maximum Gasteiger partial charge on any atom is 0.263 e. The third kappa shape index (κ3) is 4.78. The number of carbonyl (C=O) groups excluding carboxylic acids is 1. The van der Waals surface area contributed by atoms with Crippen molar-refractivity contribution in [2.45, 2.75) is 17.9 Å². The number of sulfonamides is 1. The van der Waals surface area contributed by atoms with Crippen LogP contribution in [0.4, 0.5) is 0 Å². The van der Waals surface area contributed by atoms with Crippen LogP contribution in [-0.2, 0) is 14.8 Å². The average Bonchev–Trinajstić information content (AvgIpc) is 2.67. The molecule has 1 fully saturated rings. The summed E-state index contributed by atoms with van der Waals surface area (Å²) in [6.45, 7) is 2.68. The third-order valence-corrected chi connectivity index (χ3v) is 6.81. The molecule has 2 aromatic rings. The topological polar surface area (TPSA) is 66.9 Å². The molecular formula is C19H20Cl2N2O4S. The van der Waals surface area contributed by atoms with Crippen molar-refractivity contribution in [3.8, 4) is 5.75 Å². The van der Waals surface area contributed by atoms with Crippen LogP contribution in [0, 0.1) is 0 Å². The first kappa shape index (κ1) is 20.9. The van der Waals surface area contributed by atoms with Gasteiger partial charge < -0.3 is 9.64 Å². The monoisotopic (exact) mass is 442 g/mol. The number of hydrogen-bond donors (Lipinski definition) is 0. The van der Waals surface area contributed by atoms with E-state index in [1.54, 1.807) is 48.2 Å². The molecule has 1 unspecified atom stereocenters. The predicted molar refractivity (Wildman–Crippen MR) is 108 cm³/mol. The first-order chi connectivity index (χ1) is 13.3. The maximum atomic E-state index is 12.7. The van der Waals surface area contributed by atoms with Crippen molar-refractivity contribution >= 4 is 39.1 Å². The second kappa shape index (κ2) is 8.69. The Morgan fingerprint density at radius 1 is 1.00 bits per heavy atom. The van der Waals surface area contributed by atoms with Gasteiger partial charge in [0.1, 0.15) is 5.75 Å². The molecule has 1 aliphatic heterocycles. The second-order valence-corrected chi connectivity index (χ2v) is 9.22. The molecule has 0 bridgehead atoms. The summed E-state index contributed by atoms with van der Waals surface area (Å²) in [5.41, 5.74) is 0. The van der Waals surface area contributed by atoms with Crippen LogP contribution < -0.4 is 4.74 Å². The lowest BCUT2D eigenvalue weighted by Gasteiger charge is -2.35. The molecule has 0 aromatic heterocycles. The van der Waals surface area contributed by atoms with Crippen molar-refractivity contribution in [1.29, 1.82) is 0 Å². The zero-order valence-electron chi connectivity index (χ0n) is 15.2. The van der Waals surface area contributed by atoms with Crippen LogP contribution >= 0.6 is 23.2 Å². The summed E-state index contributed by atoms with van der Waals surface area (Å²) in [7, 11) is -3.64. The van der Waals surface area contributed by atoms with Gasteiger partial charge in [0, 0.05) is 36.2 Å². The fraction of sp³-hybridized carbons (Fsp3) is 0.316. The van der Waals surface area contributed by atoms with Gasteiger partial charge in [-0.25, -0.2) is 8.42 Å². The number of ether oxygens (including phenoxy) is 1. The van der Waals surface area contributed by atoms with Crippen LogP contribution in [0.1, 0.15) is 6.92 Å². The molecule has 1 aliphatic rings. The smallest absolute Gasteiger partial charge is 0.263 e. The zero-order valence-corrected chi connectivity index (χ0v) is 17.5. The fourth-order valence-corrected chi connectivity index (χ4v) is 4.88. The number of piperazine rings is 1. The van der Waals surface area contributed by atoms with Crippen molar-refractivity contribution < 1.29 is 17.9 Å². The van der Waals surface area contributed by atoms with E-state index in [0.29, 0.717) is 28.9 Å². The SMILES string of the molecule is CC(Oc1cccc(Cl)c1)C(=O)N1CCN(S(=O)(=O)c2cccc(Cl)c2)CC1. The van der Waals surface area contributed by atoms with Gasteiger partial charge >= 0.3 is 0 Å². The van der Waals surface area contributed by atoms with Gasteiger partial charge in [0.15, 0.2) is 6.10 Å². The molecule has 0 N–H and O–H groups in total. The Morgan fingerprint density at radius 3 is 2.21 bits per heavy atom. The summed E-state index contributed by atoms with van der Waals surface area (Å²) in [6.07, 6.45) is -0.699. The fourth-order valence-electron chi connectivity index (χ4n) is 2.98. The Kier molecular flexibility index (Phi) is 6.50. The summed E-state index contributed by atoms with van der Waals surface area (Å²) in [5.74, 6) is 0.315. The molecule has 0 aliphatic carbocycles. The highest BCUT2D eigenvalue weighted by Gasteiger charge is 2.32. The largest absolute Gasteiger partial charge is 0.481 e. The Bertz CT molecular complexity index is 960. The van der Waals surface area contributed by atoms with Crippen LogP contribution in [-0.4, -0.2) is 55.8 Å². The average molecular weight is 443 g/mol. The molecule has 150 valence electrons. The van der Waals surface area contributed by atoms with Crippen molar-refractivity contribution in [3.63, 3.8) is 0 Å². The van der Waals surface area contributed by atoms with E-state index in [4.69, 9.17) is 27.9 Å². The van der Waals surface area contributed by atoms with Crippen molar-refractivity contribution in [2.24, 2.45) is 0 Å². The minimum absolute atomic E-state index is 0.150. The number of hydrogen-bond acceptors (Lipinski definition) is 4. The van der Waals surface area contributed by atoms with Gasteiger partial charge in [-0.05, 0) is 43.3 Å². The highest BCUT2D eigenvalue weighted by atomic mass is 35.5. The van der Waals surface area contributed by atoms with Gasteiger partial charge in [0.2, 0.25) is 10.0 Å². The van der Waals surface area contributed by atoms with Gasteiger partial charge in [-0.2, -0.15) is 4.31 Å². The molecule has 0 saturated carbocycles. The van der Waals surface area contributed by atoms with E-state index in [-0.39, 0.29) is 23.9 Å². The first-order valence-electron chi connectivity index (χ1n) is 8.74. The van der Waals surface area contributed by atoms with Gasteiger partial charge in [-0.3, -0.25) is 4.79 Å². The van der Waals surface area contributed by atoms with E-state index in [0.717, 1.165) is 0 Å². The van der Waals surface area contributed by atoms with Crippen molar-refractivity contribution in [2.75, 3.05) is 26.2 Å². The van der Waals surface area contributed by atoms with Gasteiger partial charge in [0.25, 0.3) is 5.91 Å². The second-order valence-electron chi connectivity index (χ2n) is 6.40. The number of amides is 1. The number of carbonyl (C=O) groups is 1. The van der Waals surface area contributed by atoms with E-state index in [1.165, 1.54) is 16.4 Å². The van der Waals surface area contributed by atoms with Crippen LogP contribution in [0.5, 0.6) is 5.75 Å². The molecular weight excluding hydrogens is 423 g/mol. The molecule has 3 rings (SSSR count). The maximum absolute atomic E-state index is 12.7. The van der Waals surface area contributed by atoms with E-state index in [1.807, 2.05) is 0 Å². The number of nitrogens with zero attached hydrogens (tertiary/aromatic N) is 2. The summed E-state index contributed by atoms with van der Waals surface area (Å²) in [5, 5.41) is 0.888. The minimum atomic E-state index is -3.64. The lowest BCUT2D eigenvalue weighted by molar-refractivity contribution is -0.139. The number of rotatable bonds is 5. The highest BCUT2D eigenvalue weighted by Crippen LogP contribution is 2.22. The van der Waals surface area contributed by atoms with Gasteiger partial charge in [-0.1, -0.05) is 35.3 Å². The number of halogens is 2. The molecule has 1 heterocycles. The lowest BCUT2D eigenvalue weighted by atomic mass is 10.2. The van der Waals surface area contributed by atoms with Crippen molar-refractivity contribution in [1.82, 2.24) is 9.21 Å². The normalized spacial score (nSPS) is 16.6. The summed E-state index contributed by atoms with van der Waals surface area (Å²) in [6, 6.07) is 13.0. The van der Waals surface area contributed by atoms with Crippen molar-refractivity contribution in [3.05, 3.63) is 58.6 Å². The lowest BCUT2D eigenvalue weighted by Crippen LogP contribution is -2.53. The van der Waals surface area contributed by atoms with Crippen LogP contribution in [0.25, 0.3) is 0 Å². The zero-order chi connectivity index (χ0) is 20.3. The van der Waals surface area contributed by atoms with E-state index >= 15 is 0 Å². The Labute approximate surface area is 174 Å². The van der Waals surface area contributed by atoms with Crippen LogP contribution in [0.2, 0.25) is 10.0 Å². The Hall–Kier alpha value is -1.80.